The normalized spacial score (nSPS) is 18.4. The Kier molecular flexibility index (Phi) is 22.5. The summed E-state index contributed by atoms with van der Waals surface area (Å²) in [7, 11) is 3.41. The van der Waals surface area contributed by atoms with Gasteiger partial charge in [-0.25, -0.2) is 9.37 Å². The number of anilines is 2. The summed E-state index contributed by atoms with van der Waals surface area (Å²) in [5.41, 5.74) is 10.9. The van der Waals surface area contributed by atoms with Crippen LogP contribution in [0.1, 0.15) is 119 Å². The fraction of sp³-hybridized carbons (Fsp3) is 0.576. The number of aromatic nitrogens is 3. The van der Waals surface area contributed by atoms with E-state index in [4.69, 9.17) is 29.8 Å². The highest BCUT2D eigenvalue weighted by Crippen LogP contribution is 2.42. The number of halogens is 1. The zero-order valence-corrected chi connectivity index (χ0v) is 47.8. The number of ether oxygens (including phenoxy) is 4. The van der Waals surface area contributed by atoms with Gasteiger partial charge in [-0.2, -0.15) is 5.10 Å². The molecule has 21 heteroatoms. The van der Waals surface area contributed by atoms with E-state index >= 15 is 0 Å². The van der Waals surface area contributed by atoms with Gasteiger partial charge in [-0.1, -0.05) is 58.0 Å². The molecule has 80 heavy (non-hydrogen) atoms. The van der Waals surface area contributed by atoms with Crippen molar-refractivity contribution in [3.8, 4) is 11.1 Å². The number of Topliss-reactive ketones (excluding diaryl/α,β-unsaturated/α-hetero) is 1. The molecule has 0 saturated carbocycles. The number of likely N-dealkylation sites (tertiary alicyclic amines) is 1. The number of nitrogens with one attached hydrogen (secondary N) is 4. The van der Waals surface area contributed by atoms with E-state index in [1.54, 1.807) is 43.1 Å². The molecule has 20 nitrogen and oxygen atoms in total. The maximum atomic E-state index is 14.7. The van der Waals surface area contributed by atoms with Crippen LogP contribution in [-0.4, -0.2) is 165 Å². The molecule has 2 aromatic carbocycles. The molecule has 6 atom stereocenters. The van der Waals surface area contributed by atoms with E-state index in [9.17, 15) is 28.4 Å². The van der Waals surface area contributed by atoms with Gasteiger partial charge in [0.25, 0.3) is 5.91 Å². The average molecular weight is 1110 g/mol. The number of nitrogens with two attached hydrogens (primary N) is 1. The first kappa shape index (κ1) is 61.3. The third kappa shape index (κ3) is 16.4. The minimum Gasteiger partial charge on any atom is -0.382 e. The second-order valence-electron chi connectivity index (χ2n) is 22.1. The number of carbonyl (C=O) groups is 5. The van der Waals surface area contributed by atoms with Crippen LogP contribution in [0.3, 0.4) is 0 Å². The van der Waals surface area contributed by atoms with Gasteiger partial charge in [0.1, 0.15) is 29.5 Å². The number of amides is 4. The van der Waals surface area contributed by atoms with Gasteiger partial charge in [0.05, 0.1) is 88.9 Å². The molecule has 2 saturated heterocycles. The Morgan fingerprint density at radius 1 is 0.900 bits per heavy atom. The summed E-state index contributed by atoms with van der Waals surface area (Å²) in [5.74, 6) is -0.997. The average Bonchev–Trinajstić information content (AvgIpc) is 4.23. The van der Waals surface area contributed by atoms with E-state index < -0.39 is 29.4 Å². The number of carbonyl (C=O) groups excluding carboxylic acids is 5. The maximum absolute atomic E-state index is 14.7. The number of hydrogen-bond donors (Lipinski definition) is 5. The molecule has 436 valence electrons. The third-order valence-corrected chi connectivity index (χ3v) is 15.1. The Morgan fingerprint density at radius 3 is 2.29 bits per heavy atom. The Bertz CT molecular complexity index is 2700. The molecule has 2 fully saturated rings. The minimum absolute atomic E-state index is 0.0825. The molecule has 3 aliphatic rings. The van der Waals surface area contributed by atoms with Crippen LogP contribution in [0, 0.1) is 11.2 Å². The molecular formula is C59H84FN11O9. The number of hydrogen-bond acceptors (Lipinski definition) is 15. The first-order valence-electron chi connectivity index (χ1n) is 28.3. The summed E-state index contributed by atoms with van der Waals surface area (Å²) in [5, 5.41) is 17.4. The molecule has 3 aliphatic heterocycles. The number of fused-ring (bicyclic) bond motifs is 8. The number of ketones is 1. The summed E-state index contributed by atoms with van der Waals surface area (Å²) in [6, 6.07) is 13.4. The second kappa shape index (κ2) is 29.4. The van der Waals surface area contributed by atoms with Crippen molar-refractivity contribution in [2.24, 2.45) is 5.41 Å². The summed E-state index contributed by atoms with van der Waals surface area (Å²) >= 11 is 0. The van der Waals surface area contributed by atoms with Gasteiger partial charge in [0.2, 0.25) is 17.7 Å². The Labute approximate surface area is 470 Å². The fourth-order valence-electron chi connectivity index (χ4n) is 10.6. The molecule has 7 rings (SSSR count). The van der Waals surface area contributed by atoms with Crippen molar-refractivity contribution in [1.82, 2.24) is 45.8 Å². The molecule has 4 aromatic rings. The lowest BCUT2D eigenvalue weighted by molar-refractivity contribution is -0.144. The molecule has 0 unspecified atom stereocenters. The van der Waals surface area contributed by atoms with Gasteiger partial charge in [0, 0.05) is 81.2 Å². The van der Waals surface area contributed by atoms with Gasteiger partial charge in [-0.3, -0.25) is 28.7 Å². The molecular weight excluding hydrogens is 1030 g/mol. The maximum Gasteiger partial charge on any atom is 0.254 e. The highest BCUT2D eigenvalue weighted by molar-refractivity contribution is 5.96. The number of pyridine rings is 1. The molecule has 2 bridgehead atoms. The smallest absolute Gasteiger partial charge is 0.254 e. The van der Waals surface area contributed by atoms with Crippen LogP contribution < -0.4 is 31.9 Å². The van der Waals surface area contributed by atoms with Crippen LogP contribution in [0.2, 0.25) is 0 Å². The van der Waals surface area contributed by atoms with Crippen molar-refractivity contribution in [2.75, 3.05) is 97.2 Å². The van der Waals surface area contributed by atoms with E-state index in [0.717, 1.165) is 35.2 Å². The molecule has 4 amide bonds. The van der Waals surface area contributed by atoms with Gasteiger partial charge < -0.3 is 60.6 Å². The summed E-state index contributed by atoms with van der Waals surface area (Å²) in [6.45, 7) is 14.6. The monoisotopic (exact) mass is 1110 g/mol. The summed E-state index contributed by atoms with van der Waals surface area (Å²) < 4.78 is 39.3. The zero-order chi connectivity index (χ0) is 57.3. The van der Waals surface area contributed by atoms with Crippen LogP contribution in [0.15, 0.2) is 67.0 Å². The third-order valence-electron chi connectivity index (χ3n) is 15.1. The first-order chi connectivity index (χ1) is 38.5. The van der Waals surface area contributed by atoms with Crippen LogP contribution in [-0.2, 0) is 51.2 Å². The molecule has 5 heterocycles. The van der Waals surface area contributed by atoms with E-state index in [1.807, 2.05) is 75.0 Å². The van der Waals surface area contributed by atoms with Gasteiger partial charge in [-0.05, 0) is 86.9 Å². The minimum atomic E-state index is -0.848. The van der Waals surface area contributed by atoms with Gasteiger partial charge in [0.15, 0.2) is 0 Å². The first-order valence-corrected chi connectivity index (χ1v) is 28.3. The molecule has 0 spiro atoms. The van der Waals surface area contributed by atoms with Crippen molar-refractivity contribution in [1.29, 1.82) is 0 Å². The number of aryl methyl sites for hydroxylation is 1. The lowest BCUT2D eigenvalue weighted by atomic mass is 9.85. The van der Waals surface area contributed by atoms with E-state index in [1.165, 1.54) is 12.1 Å². The van der Waals surface area contributed by atoms with Crippen LogP contribution >= 0.6 is 0 Å². The molecule has 6 N–H and O–H groups in total. The predicted molar refractivity (Wildman–Crippen MR) is 303 cm³/mol. The van der Waals surface area contributed by atoms with Crippen molar-refractivity contribution < 1.29 is 47.3 Å². The topological polar surface area (TPSA) is 237 Å². The lowest BCUT2D eigenvalue weighted by Gasteiger charge is -2.36. The SMILES string of the molecule is CC[C@H](NC(=O)[C@H]1C[C@@H](NCCOCCOCCOCCOCCC(=O)CCCn2cc3c(n2)CN(C)C(=O)c2ccc(F)cc2[C@H]2CCCN2c2cc-3cnc2N)CN1C(=O)[C@H](NC(=O)[C@@H](C)NC)C(C)(C)C)c1ccccc1. The summed E-state index contributed by atoms with van der Waals surface area (Å²) in [4.78, 5) is 78.0. The van der Waals surface area contributed by atoms with Gasteiger partial charge >= 0.3 is 0 Å². The van der Waals surface area contributed by atoms with Crippen molar-refractivity contribution in [3.05, 3.63) is 95.2 Å². The quantitative estimate of drug-likeness (QED) is 0.0450. The number of rotatable bonds is 28. The Hall–Kier alpha value is -6.36. The second-order valence-corrected chi connectivity index (χ2v) is 22.1. The van der Waals surface area contributed by atoms with E-state index in [2.05, 4.69) is 31.2 Å². The lowest BCUT2D eigenvalue weighted by Crippen LogP contribution is -2.59. The molecule has 0 radical (unpaired) electrons. The predicted octanol–water partition coefficient (Wildman–Crippen LogP) is 5.36. The van der Waals surface area contributed by atoms with Crippen LogP contribution in [0.4, 0.5) is 15.9 Å². The van der Waals surface area contributed by atoms with E-state index in [0.29, 0.717) is 121 Å². The number of nitrogens with zero attached hydrogens (tertiary/aromatic N) is 6. The molecule has 0 aliphatic carbocycles. The fourth-order valence-corrected chi connectivity index (χ4v) is 10.6. The summed E-state index contributed by atoms with van der Waals surface area (Å²) in [6.07, 6.45) is 7.54. The highest BCUT2D eigenvalue weighted by Gasteiger charge is 2.45. The Morgan fingerprint density at radius 2 is 1.60 bits per heavy atom. The highest BCUT2D eigenvalue weighted by atomic mass is 19.1. The van der Waals surface area contributed by atoms with E-state index in [-0.39, 0.29) is 67.1 Å². The van der Waals surface area contributed by atoms with Crippen molar-refractivity contribution in [3.63, 3.8) is 0 Å². The zero-order valence-electron chi connectivity index (χ0n) is 47.8. The van der Waals surface area contributed by atoms with Gasteiger partial charge in [-0.15, -0.1) is 0 Å². The number of benzene rings is 2. The standard InChI is InChI=1S/C59H84FN11O9/c1-8-48(40-14-10-9-11-15-40)65-56(74)52-34-43(36-71(52)58(76)53(59(3,4)5)66-55(73)39(2)62-6)63-21-25-78-27-29-80-31-30-79-28-26-77-24-20-44(72)16-12-22-69-37-47-41-32-51(54(61)64-35-41)70-23-13-17-50(70)46-33-42(60)18-19-45(46)57(75)68(7)38-49(47)67-69/h9-11,14-15,18-19,32-33,35,37,39,43,48,50,52-53,62-63H,8,12-13,16-17,20-31,34,36,38H2,1-7H3,(H2,61,64)(H,65,74)(H,66,73)/t39-,43-,48+,50-,52-,53+/m1/s1. The number of likely N-dealkylation sites (N-methyl/N-ethyl adjacent to an activating group) is 1. The van der Waals surface area contributed by atoms with Crippen molar-refractivity contribution in [2.45, 2.75) is 129 Å². The largest absolute Gasteiger partial charge is 0.382 e. The number of nitrogen functional groups attached to an aromatic ring is 1. The Balaban J connectivity index is 0.764. The molecule has 2 aromatic heterocycles. The van der Waals surface area contributed by atoms with Crippen molar-refractivity contribution >= 4 is 40.9 Å². The van der Waals surface area contributed by atoms with Crippen LogP contribution in [0.25, 0.3) is 11.1 Å². The van der Waals surface area contributed by atoms with Crippen LogP contribution in [0.5, 0.6) is 0 Å².